The highest BCUT2D eigenvalue weighted by Crippen LogP contribution is 2.17. The Bertz CT molecular complexity index is 681. The number of carbonyl (C=O) groups is 1. The van der Waals surface area contributed by atoms with E-state index in [-0.39, 0.29) is 12.2 Å². The molecule has 2 aromatic carbocycles. The summed E-state index contributed by atoms with van der Waals surface area (Å²) in [5.74, 6) is -1.73. The lowest BCUT2D eigenvalue weighted by molar-refractivity contribution is -0.131. The van der Waals surface area contributed by atoms with Crippen molar-refractivity contribution in [2.45, 2.75) is 6.61 Å². The molecular formula is C16H12F2O3. The van der Waals surface area contributed by atoms with E-state index < -0.39 is 17.6 Å². The maximum Gasteiger partial charge on any atom is 0.328 e. The van der Waals surface area contributed by atoms with E-state index >= 15 is 0 Å². The molecule has 0 aliphatic rings. The van der Waals surface area contributed by atoms with Crippen LogP contribution in [0.3, 0.4) is 0 Å². The third-order valence-electron chi connectivity index (χ3n) is 2.67. The number of hydrogen-bond acceptors (Lipinski definition) is 2. The quantitative estimate of drug-likeness (QED) is 0.855. The molecule has 0 saturated carbocycles. The lowest BCUT2D eigenvalue weighted by Crippen LogP contribution is -1.97. The van der Waals surface area contributed by atoms with Crippen molar-refractivity contribution in [1.82, 2.24) is 0 Å². The molecule has 0 unspecified atom stereocenters. The molecule has 0 aromatic heterocycles. The number of carboxylic acid groups (broad SMARTS) is 1. The Balaban J connectivity index is 2.10. The van der Waals surface area contributed by atoms with Gasteiger partial charge < -0.3 is 9.84 Å². The summed E-state index contributed by atoms with van der Waals surface area (Å²) in [6, 6.07) is 9.91. The smallest absolute Gasteiger partial charge is 0.328 e. The van der Waals surface area contributed by atoms with Crippen molar-refractivity contribution in [3.63, 3.8) is 0 Å². The number of rotatable bonds is 5. The van der Waals surface area contributed by atoms with E-state index in [1.807, 2.05) is 0 Å². The van der Waals surface area contributed by atoms with E-state index in [1.165, 1.54) is 42.5 Å². The summed E-state index contributed by atoms with van der Waals surface area (Å²) in [7, 11) is 0. The molecule has 1 N–H and O–H groups in total. The van der Waals surface area contributed by atoms with Gasteiger partial charge in [0.1, 0.15) is 24.0 Å². The number of halogens is 2. The molecule has 0 aliphatic carbocycles. The zero-order valence-electron chi connectivity index (χ0n) is 10.9. The molecule has 21 heavy (non-hydrogen) atoms. The van der Waals surface area contributed by atoms with Crippen molar-refractivity contribution in [3.8, 4) is 5.75 Å². The zero-order chi connectivity index (χ0) is 15.2. The number of benzene rings is 2. The van der Waals surface area contributed by atoms with Crippen LogP contribution in [-0.2, 0) is 11.4 Å². The van der Waals surface area contributed by atoms with Crippen LogP contribution in [0.2, 0.25) is 0 Å². The lowest BCUT2D eigenvalue weighted by Gasteiger charge is -2.07. The fraction of sp³-hybridized carbons (Fsp3) is 0.0625. The fourth-order valence-electron chi connectivity index (χ4n) is 1.70. The van der Waals surface area contributed by atoms with E-state index in [1.54, 1.807) is 6.07 Å². The first-order valence-electron chi connectivity index (χ1n) is 6.12. The van der Waals surface area contributed by atoms with Crippen LogP contribution in [-0.4, -0.2) is 11.1 Å². The number of ether oxygens (including phenoxy) is 1. The van der Waals surface area contributed by atoms with Gasteiger partial charge >= 0.3 is 5.97 Å². The first-order valence-corrected chi connectivity index (χ1v) is 6.12. The summed E-state index contributed by atoms with van der Waals surface area (Å²) < 4.78 is 31.9. The molecule has 108 valence electrons. The second kappa shape index (κ2) is 6.65. The summed E-state index contributed by atoms with van der Waals surface area (Å²) in [4.78, 5) is 10.4. The van der Waals surface area contributed by atoms with Gasteiger partial charge in [-0.15, -0.1) is 0 Å². The zero-order valence-corrected chi connectivity index (χ0v) is 10.9. The molecule has 0 amide bonds. The van der Waals surface area contributed by atoms with Gasteiger partial charge in [0.15, 0.2) is 0 Å². The van der Waals surface area contributed by atoms with E-state index in [2.05, 4.69) is 0 Å². The Hall–Kier alpha value is -2.69. The van der Waals surface area contributed by atoms with Crippen LogP contribution in [0.4, 0.5) is 8.78 Å². The van der Waals surface area contributed by atoms with Gasteiger partial charge in [0.2, 0.25) is 0 Å². The van der Waals surface area contributed by atoms with Gasteiger partial charge in [0.05, 0.1) is 0 Å². The molecule has 0 atom stereocenters. The second-order valence-electron chi connectivity index (χ2n) is 4.27. The van der Waals surface area contributed by atoms with Crippen molar-refractivity contribution >= 4 is 12.0 Å². The molecule has 0 bridgehead atoms. The Labute approximate surface area is 120 Å². The van der Waals surface area contributed by atoms with Crippen LogP contribution in [0.1, 0.15) is 11.1 Å². The van der Waals surface area contributed by atoms with Crippen LogP contribution in [0.25, 0.3) is 6.08 Å². The van der Waals surface area contributed by atoms with E-state index in [0.29, 0.717) is 11.3 Å². The van der Waals surface area contributed by atoms with E-state index in [4.69, 9.17) is 9.84 Å². The van der Waals surface area contributed by atoms with Gasteiger partial charge in [-0.2, -0.15) is 0 Å². The third-order valence-corrected chi connectivity index (χ3v) is 2.67. The predicted molar refractivity (Wildman–Crippen MR) is 73.8 cm³/mol. The highest BCUT2D eigenvalue weighted by molar-refractivity contribution is 5.85. The SMILES string of the molecule is O=C(O)C=Cc1cc(COc2cccc(F)c2)ccc1F. The summed E-state index contributed by atoms with van der Waals surface area (Å²) in [5, 5.41) is 8.54. The van der Waals surface area contributed by atoms with Gasteiger partial charge in [0, 0.05) is 17.7 Å². The van der Waals surface area contributed by atoms with Crippen LogP contribution in [0.15, 0.2) is 48.5 Å². The molecule has 0 aliphatic heterocycles. The van der Waals surface area contributed by atoms with Gasteiger partial charge in [-0.05, 0) is 35.9 Å². The molecule has 0 fully saturated rings. The van der Waals surface area contributed by atoms with Crippen molar-refractivity contribution in [2.24, 2.45) is 0 Å². The molecule has 0 heterocycles. The summed E-state index contributed by atoms with van der Waals surface area (Å²) in [6.07, 6.45) is 2.03. The molecule has 0 spiro atoms. The highest BCUT2D eigenvalue weighted by Gasteiger charge is 2.03. The van der Waals surface area contributed by atoms with Crippen LogP contribution >= 0.6 is 0 Å². The van der Waals surface area contributed by atoms with Crippen LogP contribution in [0, 0.1) is 11.6 Å². The monoisotopic (exact) mass is 290 g/mol. The first kappa shape index (κ1) is 14.7. The number of aliphatic carboxylic acids is 1. The minimum Gasteiger partial charge on any atom is -0.489 e. The fourth-order valence-corrected chi connectivity index (χ4v) is 1.70. The minimum atomic E-state index is -1.16. The number of hydrogen-bond donors (Lipinski definition) is 1. The van der Waals surface area contributed by atoms with E-state index in [0.717, 1.165) is 6.08 Å². The Morgan fingerprint density at radius 1 is 1.19 bits per heavy atom. The summed E-state index contributed by atoms with van der Waals surface area (Å²) in [5.41, 5.74) is 0.795. The number of carboxylic acids is 1. The third kappa shape index (κ3) is 4.42. The van der Waals surface area contributed by atoms with Crippen molar-refractivity contribution in [1.29, 1.82) is 0 Å². The molecular weight excluding hydrogens is 278 g/mol. The average Bonchev–Trinajstić information content (AvgIpc) is 2.45. The van der Waals surface area contributed by atoms with Gasteiger partial charge in [-0.25, -0.2) is 13.6 Å². The molecule has 2 aromatic rings. The Morgan fingerprint density at radius 3 is 2.71 bits per heavy atom. The standard InChI is InChI=1S/C16H12F2O3/c17-13-2-1-3-14(9-13)21-10-11-4-6-15(18)12(8-11)5-7-16(19)20/h1-9H,10H2,(H,19,20). The molecule has 2 rings (SSSR count). The van der Waals surface area contributed by atoms with Gasteiger partial charge in [0.25, 0.3) is 0 Å². The maximum atomic E-state index is 13.5. The largest absolute Gasteiger partial charge is 0.489 e. The van der Waals surface area contributed by atoms with Gasteiger partial charge in [-0.3, -0.25) is 0 Å². The van der Waals surface area contributed by atoms with Crippen molar-refractivity contribution in [2.75, 3.05) is 0 Å². The highest BCUT2D eigenvalue weighted by atomic mass is 19.1. The predicted octanol–water partition coefficient (Wildman–Crippen LogP) is 3.64. The Kier molecular flexibility index (Phi) is 4.66. The summed E-state index contributed by atoms with van der Waals surface area (Å²) in [6.45, 7) is 0.123. The molecule has 0 radical (unpaired) electrons. The molecule has 0 saturated heterocycles. The van der Waals surface area contributed by atoms with E-state index in [9.17, 15) is 13.6 Å². The first-order chi connectivity index (χ1) is 10.0. The lowest BCUT2D eigenvalue weighted by atomic mass is 10.1. The molecule has 5 heteroatoms. The minimum absolute atomic E-state index is 0.123. The second-order valence-corrected chi connectivity index (χ2v) is 4.27. The molecule has 3 nitrogen and oxygen atoms in total. The van der Waals surface area contributed by atoms with Crippen molar-refractivity contribution in [3.05, 3.63) is 71.3 Å². The topological polar surface area (TPSA) is 46.5 Å². The Morgan fingerprint density at radius 2 is 2.00 bits per heavy atom. The average molecular weight is 290 g/mol. The van der Waals surface area contributed by atoms with Gasteiger partial charge in [-0.1, -0.05) is 12.1 Å². The summed E-state index contributed by atoms with van der Waals surface area (Å²) >= 11 is 0. The maximum absolute atomic E-state index is 13.5. The normalized spacial score (nSPS) is 10.8. The van der Waals surface area contributed by atoms with Crippen LogP contribution < -0.4 is 4.74 Å². The van der Waals surface area contributed by atoms with Crippen LogP contribution in [0.5, 0.6) is 5.75 Å². The van der Waals surface area contributed by atoms with Crippen molar-refractivity contribution < 1.29 is 23.4 Å².